The molecule has 3 heterocycles. The highest BCUT2D eigenvalue weighted by Gasteiger charge is 2.46. The monoisotopic (exact) mass is 420 g/mol. The summed E-state index contributed by atoms with van der Waals surface area (Å²) >= 11 is 3.43. The van der Waals surface area contributed by atoms with Crippen LogP contribution in [0, 0.1) is 11.7 Å². The summed E-state index contributed by atoms with van der Waals surface area (Å²) in [5, 5.41) is 4.37. The number of nitrogens with zero attached hydrogens (tertiary/aromatic N) is 3. The van der Waals surface area contributed by atoms with Crippen molar-refractivity contribution in [1.29, 1.82) is 0 Å². The average molecular weight is 421 g/mol. The van der Waals surface area contributed by atoms with Gasteiger partial charge in [-0.25, -0.2) is 14.4 Å². The summed E-state index contributed by atoms with van der Waals surface area (Å²) in [4.78, 5) is 11.3. The molecule has 2 aliphatic rings. The highest BCUT2D eigenvalue weighted by Crippen LogP contribution is 2.35. The molecule has 0 bridgehead atoms. The maximum atomic E-state index is 14.1. The van der Waals surface area contributed by atoms with Gasteiger partial charge in [-0.15, -0.1) is 0 Å². The number of piperidine rings is 1. The number of aromatic nitrogens is 1. The van der Waals surface area contributed by atoms with Gasteiger partial charge in [-0.1, -0.05) is 29.8 Å². The lowest BCUT2D eigenvalue weighted by Crippen LogP contribution is -2.55. The number of halogens is 2. The Kier molecular flexibility index (Phi) is 4.61. The zero-order chi connectivity index (χ0) is 18.3. The fourth-order valence-corrected chi connectivity index (χ4v) is 4.18. The third kappa shape index (κ3) is 3.07. The van der Waals surface area contributed by atoms with Crippen LogP contribution in [0.5, 0.6) is 0 Å². The Labute approximate surface area is 160 Å². The van der Waals surface area contributed by atoms with Crippen molar-refractivity contribution in [2.45, 2.75) is 25.9 Å². The van der Waals surface area contributed by atoms with Crippen molar-refractivity contribution in [3.8, 4) is 0 Å². The number of fused-ring (bicyclic) bond motifs is 1. The first-order chi connectivity index (χ1) is 12.5. The van der Waals surface area contributed by atoms with E-state index in [-0.39, 0.29) is 11.4 Å². The summed E-state index contributed by atoms with van der Waals surface area (Å²) < 4.78 is 21.2. The molecule has 0 aliphatic carbocycles. The SMILES string of the molecule is CCN1CCC(C)[C@]2(CN=C(Nc3cc4c(F)ccc(Br)c4cn3)O2)C1. The zero-order valence-corrected chi connectivity index (χ0v) is 16.5. The molecule has 1 saturated heterocycles. The largest absolute Gasteiger partial charge is 0.455 e. The normalized spacial score (nSPS) is 26.2. The number of likely N-dealkylation sites (tertiary alicyclic amines) is 1. The molecule has 0 radical (unpaired) electrons. The fraction of sp³-hybridized carbons (Fsp3) is 0.474. The Hall–Kier alpha value is -1.73. The molecule has 1 N–H and O–H groups in total. The number of ether oxygens (including phenoxy) is 1. The number of hydrogen-bond donors (Lipinski definition) is 1. The molecule has 0 amide bonds. The second kappa shape index (κ2) is 6.78. The van der Waals surface area contributed by atoms with Gasteiger partial charge in [0.15, 0.2) is 0 Å². The quantitative estimate of drug-likeness (QED) is 0.796. The van der Waals surface area contributed by atoms with Crippen LogP contribution in [-0.4, -0.2) is 47.7 Å². The van der Waals surface area contributed by atoms with Crippen LogP contribution in [0.25, 0.3) is 10.8 Å². The van der Waals surface area contributed by atoms with E-state index >= 15 is 0 Å². The number of aliphatic imine (C=N–C) groups is 1. The van der Waals surface area contributed by atoms with Crippen molar-refractivity contribution in [2.24, 2.45) is 10.9 Å². The third-order valence-electron chi connectivity index (χ3n) is 5.53. The van der Waals surface area contributed by atoms with Gasteiger partial charge in [0, 0.05) is 33.9 Å². The molecule has 138 valence electrons. The minimum absolute atomic E-state index is 0.276. The Morgan fingerprint density at radius 1 is 1.42 bits per heavy atom. The van der Waals surface area contributed by atoms with Crippen molar-refractivity contribution >= 4 is 38.5 Å². The van der Waals surface area contributed by atoms with E-state index in [4.69, 9.17) is 4.74 Å². The first-order valence-electron chi connectivity index (χ1n) is 8.97. The molecule has 0 saturated carbocycles. The van der Waals surface area contributed by atoms with Gasteiger partial charge < -0.3 is 4.74 Å². The van der Waals surface area contributed by atoms with E-state index in [0.29, 0.717) is 29.7 Å². The predicted molar refractivity (Wildman–Crippen MR) is 105 cm³/mol. The highest BCUT2D eigenvalue weighted by atomic mass is 79.9. The highest BCUT2D eigenvalue weighted by molar-refractivity contribution is 9.10. The van der Waals surface area contributed by atoms with Gasteiger partial charge in [0.1, 0.15) is 17.2 Å². The maximum absolute atomic E-state index is 14.1. The van der Waals surface area contributed by atoms with E-state index in [1.807, 2.05) is 0 Å². The molecular formula is C19H22BrFN4O. The van der Waals surface area contributed by atoms with Crippen molar-refractivity contribution in [2.75, 3.05) is 31.5 Å². The maximum Gasteiger partial charge on any atom is 0.291 e. The smallest absolute Gasteiger partial charge is 0.291 e. The first-order valence-corrected chi connectivity index (χ1v) is 9.76. The number of pyridine rings is 1. The molecule has 2 aliphatic heterocycles. The van der Waals surface area contributed by atoms with Crippen LogP contribution >= 0.6 is 15.9 Å². The van der Waals surface area contributed by atoms with E-state index < -0.39 is 0 Å². The Morgan fingerprint density at radius 3 is 3.08 bits per heavy atom. The number of nitrogens with one attached hydrogen (secondary N) is 1. The lowest BCUT2D eigenvalue weighted by Gasteiger charge is -2.43. The molecule has 1 aromatic carbocycles. The molecule has 1 unspecified atom stereocenters. The third-order valence-corrected chi connectivity index (χ3v) is 6.23. The molecule has 4 rings (SSSR count). The van der Waals surface area contributed by atoms with E-state index in [0.717, 1.165) is 35.9 Å². The molecule has 1 fully saturated rings. The van der Waals surface area contributed by atoms with Crippen molar-refractivity contribution < 1.29 is 9.13 Å². The van der Waals surface area contributed by atoms with E-state index in [1.165, 1.54) is 6.07 Å². The van der Waals surface area contributed by atoms with Crippen LogP contribution in [-0.2, 0) is 4.74 Å². The zero-order valence-electron chi connectivity index (χ0n) is 14.9. The van der Waals surface area contributed by atoms with Crippen molar-refractivity contribution in [3.05, 3.63) is 34.7 Å². The number of likely N-dealkylation sites (N-methyl/N-ethyl adjacent to an activating group) is 1. The number of hydrogen-bond acceptors (Lipinski definition) is 5. The molecule has 7 heteroatoms. The van der Waals surface area contributed by atoms with Crippen LogP contribution < -0.4 is 5.32 Å². The Bertz CT molecular complexity index is 874. The van der Waals surface area contributed by atoms with Crippen LogP contribution in [0.4, 0.5) is 10.2 Å². The van der Waals surface area contributed by atoms with Crippen molar-refractivity contribution in [1.82, 2.24) is 9.88 Å². The fourth-order valence-electron chi connectivity index (χ4n) is 3.74. The molecule has 2 atom stereocenters. The van der Waals surface area contributed by atoms with E-state index in [9.17, 15) is 4.39 Å². The van der Waals surface area contributed by atoms with Gasteiger partial charge in [-0.3, -0.25) is 10.2 Å². The molecule has 5 nitrogen and oxygen atoms in total. The van der Waals surface area contributed by atoms with Gasteiger partial charge >= 0.3 is 0 Å². The Morgan fingerprint density at radius 2 is 2.27 bits per heavy atom. The summed E-state index contributed by atoms with van der Waals surface area (Å²) in [6.45, 7) is 8.04. The predicted octanol–water partition coefficient (Wildman–Crippen LogP) is 4.04. The van der Waals surface area contributed by atoms with Gasteiger partial charge in [0.05, 0.1) is 6.54 Å². The van der Waals surface area contributed by atoms with Gasteiger partial charge in [-0.05, 0) is 37.7 Å². The summed E-state index contributed by atoms with van der Waals surface area (Å²) in [6, 6.07) is 5.29. The minimum atomic E-state index is -0.279. The summed E-state index contributed by atoms with van der Waals surface area (Å²) in [5.41, 5.74) is -0.276. The molecule has 1 spiro atoms. The first kappa shape index (κ1) is 17.7. The average Bonchev–Trinajstić information content (AvgIpc) is 3.04. The topological polar surface area (TPSA) is 49.8 Å². The number of benzene rings is 1. The number of amidine groups is 1. The second-order valence-corrected chi connectivity index (χ2v) is 7.97. The summed E-state index contributed by atoms with van der Waals surface area (Å²) in [5.74, 6) is 0.686. The van der Waals surface area contributed by atoms with E-state index in [1.54, 1.807) is 18.3 Å². The van der Waals surface area contributed by atoms with Gasteiger partial charge in [-0.2, -0.15) is 0 Å². The van der Waals surface area contributed by atoms with Crippen LogP contribution in [0.15, 0.2) is 33.9 Å². The molecule has 1 aromatic heterocycles. The standard InChI is InChI=1S/C19H22BrFN4O/c1-3-25-7-6-12(2)19(11-25)10-23-18(26-19)24-17-8-13-14(9-22-17)15(20)4-5-16(13)21/h4-5,8-9,12H,3,6-7,10-11H2,1-2H3,(H,22,23,24)/t12?,19-/m0/s1. The molecule has 26 heavy (non-hydrogen) atoms. The number of rotatable bonds is 2. The Balaban J connectivity index is 1.54. The molecular weight excluding hydrogens is 399 g/mol. The minimum Gasteiger partial charge on any atom is -0.455 e. The summed E-state index contributed by atoms with van der Waals surface area (Å²) in [7, 11) is 0. The second-order valence-electron chi connectivity index (χ2n) is 7.12. The molecule has 2 aromatic rings. The van der Waals surface area contributed by atoms with Crippen LogP contribution in [0.1, 0.15) is 20.3 Å². The lowest BCUT2D eigenvalue weighted by molar-refractivity contribution is -0.0366. The van der Waals surface area contributed by atoms with Crippen molar-refractivity contribution in [3.63, 3.8) is 0 Å². The van der Waals surface area contributed by atoms with Gasteiger partial charge in [0.25, 0.3) is 6.02 Å². The van der Waals surface area contributed by atoms with Crippen LogP contribution in [0.3, 0.4) is 0 Å². The van der Waals surface area contributed by atoms with Gasteiger partial charge in [0.2, 0.25) is 0 Å². The van der Waals surface area contributed by atoms with E-state index in [2.05, 4.69) is 50.0 Å². The summed E-state index contributed by atoms with van der Waals surface area (Å²) in [6.07, 6.45) is 2.75. The number of anilines is 1. The lowest BCUT2D eigenvalue weighted by atomic mass is 9.82. The van der Waals surface area contributed by atoms with Crippen LogP contribution in [0.2, 0.25) is 0 Å².